The predicted molar refractivity (Wildman–Crippen MR) is 98.2 cm³/mol. The molecule has 1 heterocycles. The summed E-state index contributed by atoms with van der Waals surface area (Å²) in [6, 6.07) is -0.269. The maximum atomic E-state index is 13.0. The van der Waals surface area contributed by atoms with Gasteiger partial charge >= 0.3 is 5.97 Å². The van der Waals surface area contributed by atoms with Gasteiger partial charge in [0.2, 0.25) is 0 Å². The standard InChI is InChI=1S/C20H37NO4/c1-15(2)16(17(24)25-18(3,4)5)21-11-7-10-20(21)9-6-8-19(12-20,13-22)14-23/h15-16,22-23H,6-14H2,1-5H3/t16-,20+/m0/s1. The molecule has 1 aliphatic carbocycles. The van der Waals surface area contributed by atoms with Gasteiger partial charge in [0.25, 0.3) is 0 Å². The molecule has 1 spiro atoms. The molecule has 5 heteroatoms. The molecule has 146 valence electrons. The Morgan fingerprint density at radius 1 is 1.12 bits per heavy atom. The summed E-state index contributed by atoms with van der Waals surface area (Å²) in [5, 5.41) is 19.8. The molecule has 0 aromatic rings. The summed E-state index contributed by atoms with van der Waals surface area (Å²) < 4.78 is 5.73. The molecule has 0 aromatic heterocycles. The van der Waals surface area contributed by atoms with E-state index >= 15 is 0 Å². The molecule has 2 fully saturated rings. The van der Waals surface area contributed by atoms with E-state index in [4.69, 9.17) is 4.74 Å². The first kappa shape index (κ1) is 20.7. The Balaban J connectivity index is 2.29. The molecule has 2 N–H and O–H groups in total. The van der Waals surface area contributed by atoms with Gasteiger partial charge in [-0.15, -0.1) is 0 Å². The zero-order chi connectivity index (χ0) is 18.9. The van der Waals surface area contributed by atoms with E-state index in [1.807, 2.05) is 20.8 Å². The quantitative estimate of drug-likeness (QED) is 0.742. The fourth-order valence-electron chi connectivity index (χ4n) is 4.96. The number of aliphatic hydroxyl groups is 2. The van der Waals surface area contributed by atoms with Gasteiger partial charge in [0.05, 0.1) is 13.2 Å². The van der Waals surface area contributed by atoms with E-state index in [1.54, 1.807) is 0 Å². The highest BCUT2D eigenvalue weighted by molar-refractivity contribution is 5.76. The summed E-state index contributed by atoms with van der Waals surface area (Å²) >= 11 is 0. The molecule has 2 aliphatic rings. The van der Waals surface area contributed by atoms with Crippen LogP contribution in [0.4, 0.5) is 0 Å². The van der Waals surface area contributed by atoms with Crippen LogP contribution in [0.2, 0.25) is 0 Å². The first-order valence-electron chi connectivity index (χ1n) is 9.79. The molecule has 5 nitrogen and oxygen atoms in total. The van der Waals surface area contributed by atoms with Crippen molar-refractivity contribution in [1.29, 1.82) is 0 Å². The number of carbonyl (C=O) groups excluding carboxylic acids is 1. The monoisotopic (exact) mass is 355 g/mol. The van der Waals surface area contributed by atoms with Crippen LogP contribution < -0.4 is 0 Å². The van der Waals surface area contributed by atoms with Crippen molar-refractivity contribution in [2.24, 2.45) is 11.3 Å². The van der Waals surface area contributed by atoms with E-state index in [0.29, 0.717) is 0 Å². The van der Waals surface area contributed by atoms with Gasteiger partial charge in [-0.2, -0.15) is 0 Å². The Morgan fingerprint density at radius 3 is 2.24 bits per heavy atom. The fourth-order valence-corrected chi connectivity index (χ4v) is 4.96. The molecule has 0 amide bonds. The third-order valence-corrected chi connectivity index (χ3v) is 5.99. The van der Waals surface area contributed by atoms with E-state index in [9.17, 15) is 15.0 Å². The SMILES string of the molecule is CC(C)[C@@H](C(=O)OC(C)(C)C)N1CCC[C@@]12CCCC(CO)(CO)C2. The summed E-state index contributed by atoms with van der Waals surface area (Å²) in [6.45, 7) is 10.8. The molecule has 2 rings (SSSR count). The van der Waals surface area contributed by atoms with E-state index in [2.05, 4.69) is 18.7 Å². The number of hydrogen-bond acceptors (Lipinski definition) is 5. The fraction of sp³-hybridized carbons (Fsp3) is 0.950. The van der Waals surface area contributed by atoms with E-state index in [0.717, 1.165) is 45.1 Å². The van der Waals surface area contributed by atoms with Crippen molar-refractivity contribution < 1.29 is 19.7 Å². The summed E-state index contributed by atoms with van der Waals surface area (Å²) in [4.78, 5) is 15.3. The Hall–Kier alpha value is -0.650. The average molecular weight is 356 g/mol. The van der Waals surface area contributed by atoms with E-state index in [-0.39, 0.29) is 36.7 Å². The van der Waals surface area contributed by atoms with Crippen LogP contribution >= 0.6 is 0 Å². The first-order chi connectivity index (χ1) is 11.6. The van der Waals surface area contributed by atoms with Gasteiger partial charge in [-0.05, 0) is 65.3 Å². The minimum Gasteiger partial charge on any atom is -0.459 e. The Bertz CT molecular complexity index is 467. The van der Waals surface area contributed by atoms with Crippen LogP contribution in [0.15, 0.2) is 0 Å². The van der Waals surface area contributed by atoms with E-state index < -0.39 is 11.0 Å². The molecule has 0 radical (unpaired) electrons. The number of nitrogens with zero attached hydrogens (tertiary/aromatic N) is 1. The molecule has 1 saturated heterocycles. The van der Waals surface area contributed by atoms with Crippen LogP contribution in [0.1, 0.15) is 73.1 Å². The van der Waals surface area contributed by atoms with Gasteiger partial charge in [0, 0.05) is 11.0 Å². The van der Waals surface area contributed by atoms with Crippen LogP contribution in [0.3, 0.4) is 0 Å². The van der Waals surface area contributed by atoms with Crippen LogP contribution in [0.5, 0.6) is 0 Å². The van der Waals surface area contributed by atoms with Crippen LogP contribution in [0, 0.1) is 11.3 Å². The highest BCUT2D eigenvalue weighted by atomic mass is 16.6. The molecule has 0 bridgehead atoms. The van der Waals surface area contributed by atoms with Crippen molar-refractivity contribution in [3.05, 3.63) is 0 Å². The van der Waals surface area contributed by atoms with Crippen molar-refractivity contribution in [1.82, 2.24) is 4.90 Å². The number of hydrogen-bond donors (Lipinski definition) is 2. The van der Waals surface area contributed by atoms with Gasteiger partial charge in [0.1, 0.15) is 11.6 Å². The van der Waals surface area contributed by atoms with Gasteiger partial charge in [0.15, 0.2) is 0 Å². The molecule has 1 aliphatic heterocycles. The third kappa shape index (κ3) is 4.37. The van der Waals surface area contributed by atoms with Crippen LogP contribution in [0.25, 0.3) is 0 Å². The summed E-state index contributed by atoms with van der Waals surface area (Å²) in [6.07, 6.45) is 5.71. The normalized spacial score (nSPS) is 28.5. The van der Waals surface area contributed by atoms with Crippen molar-refractivity contribution >= 4 is 5.97 Å². The van der Waals surface area contributed by atoms with Crippen molar-refractivity contribution in [2.75, 3.05) is 19.8 Å². The molecule has 2 atom stereocenters. The van der Waals surface area contributed by atoms with Crippen LogP contribution in [-0.2, 0) is 9.53 Å². The van der Waals surface area contributed by atoms with Crippen molar-refractivity contribution in [3.8, 4) is 0 Å². The Labute approximate surface area is 152 Å². The van der Waals surface area contributed by atoms with Gasteiger partial charge in [-0.25, -0.2) is 0 Å². The smallest absolute Gasteiger partial charge is 0.324 e. The highest BCUT2D eigenvalue weighted by Gasteiger charge is 2.53. The lowest BCUT2D eigenvalue weighted by molar-refractivity contribution is -0.167. The zero-order valence-electron chi connectivity index (χ0n) is 16.7. The molecule has 0 unspecified atom stereocenters. The van der Waals surface area contributed by atoms with Gasteiger partial charge in [-0.3, -0.25) is 9.69 Å². The maximum absolute atomic E-state index is 13.0. The minimum atomic E-state index is -0.496. The van der Waals surface area contributed by atoms with Crippen molar-refractivity contribution in [3.63, 3.8) is 0 Å². The van der Waals surface area contributed by atoms with Gasteiger partial charge < -0.3 is 14.9 Å². The number of likely N-dealkylation sites (tertiary alicyclic amines) is 1. The molecular weight excluding hydrogens is 318 g/mol. The minimum absolute atomic E-state index is 0.0118. The summed E-state index contributed by atoms with van der Waals surface area (Å²) in [5.41, 5.74) is -1.02. The van der Waals surface area contributed by atoms with Crippen molar-refractivity contribution in [2.45, 2.75) is 90.3 Å². The number of ether oxygens (including phenoxy) is 1. The largest absolute Gasteiger partial charge is 0.459 e. The third-order valence-electron chi connectivity index (χ3n) is 5.99. The van der Waals surface area contributed by atoms with Gasteiger partial charge in [-0.1, -0.05) is 20.3 Å². The number of esters is 1. The topological polar surface area (TPSA) is 70.0 Å². The molecular formula is C20H37NO4. The van der Waals surface area contributed by atoms with Crippen LogP contribution in [-0.4, -0.2) is 58.0 Å². The second-order valence-corrected chi connectivity index (χ2v) is 9.59. The number of aliphatic hydroxyl groups excluding tert-OH is 2. The zero-order valence-corrected chi connectivity index (χ0v) is 16.7. The maximum Gasteiger partial charge on any atom is 0.324 e. The first-order valence-corrected chi connectivity index (χ1v) is 9.79. The number of rotatable bonds is 5. The number of carbonyl (C=O) groups is 1. The lowest BCUT2D eigenvalue weighted by atomic mass is 9.65. The summed E-state index contributed by atoms with van der Waals surface area (Å²) in [5.74, 6) is 0.0114. The van der Waals surface area contributed by atoms with E-state index in [1.165, 1.54) is 0 Å². The second-order valence-electron chi connectivity index (χ2n) is 9.59. The highest BCUT2D eigenvalue weighted by Crippen LogP contribution is 2.50. The molecule has 25 heavy (non-hydrogen) atoms. The lowest BCUT2D eigenvalue weighted by Crippen LogP contribution is -2.59. The Kier molecular flexibility index (Phi) is 6.22. The predicted octanol–water partition coefficient (Wildman–Crippen LogP) is 2.73. The lowest BCUT2D eigenvalue weighted by Gasteiger charge is -2.51. The summed E-state index contributed by atoms with van der Waals surface area (Å²) in [7, 11) is 0. The Morgan fingerprint density at radius 2 is 1.72 bits per heavy atom. The molecule has 0 aromatic carbocycles. The average Bonchev–Trinajstić information content (AvgIpc) is 2.87. The molecule has 1 saturated carbocycles. The second kappa shape index (κ2) is 7.53.